The van der Waals surface area contributed by atoms with Gasteiger partial charge in [0.15, 0.2) is 5.43 Å². The molecule has 2 aromatic heterocycles. The van der Waals surface area contributed by atoms with Crippen LogP contribution in [0.2, 0.25) is 5.02 Å². The summed E-state index contributed by atoms with van der Waals surface area (Å²) in [6, 6.07) is 23.7. The van der Waals surface area contributed by atoms with Crippen molar-refractivity contribution >= 4 is 23.2 Å². The highest BCUT2D eigenvalue weighted by Gasteiger charge is 2.23. The number of para-hydroxylation sites is 1. The molecular formula is C25H20ClN3O2. The largest absolute Gasteiger partial charge is 0.338 e. The average molecular weight is 430 g/mol. The summed E-state index contributed by atoms with van der Waals surface area (Å²) in [5.74, 6) is -0.527. The number of nitrogens with one attached hydrogen (secondary N) is 1. The maximum absolute atomic E-state index is 13.3. The molecule has 0 bridgehead atoms. The molecule has 0 spiro atoms. The fourth-order valence-electron chi connectivity index (χ4n) is 3.47. The molecule has 0 aliphatic carbocycles. The Hall–Kier alpha value is -3.70. The summed E-state index contributed by atoms with van der Waals surface area (Å²) < 4.78 is 1.95. The van der Waals surface area contributed by atoms with Crippen LogP contribution >= 0.6 is 11.6 Å². The van der Waals surface area contributed by atoms with Crippen molar-refractivity contribution in [3.05, 3.63) is 117 Å². The topological polar surface area (TPSA) is 64.0 Å². The maximum atomic E-state index is 13.3. The second-order valence-corrected chi connectivity index (χ2v) is 7.50. The van der Waals surface area contributed by atoms with E-state index < -0.39 is 5.91 Å². The van der Waals surface area contributed by atoms with Crippen LogP contribution in [0.5, 0.6) is 0 Å². The summed E-state index contributed by atoms with van der Waals surface area (Å²) in [6.07, 6.45) is 1.64. The molecule has 0 unspecified atom stereocenters. The summed E-state index contributed by atoms with van der Waals surface area (Å²) >= 11 is 6.21. The van der Waals surface area contributed by atoms with Crippen LogP contribution < -0.4 is 10.7 Å². The van der Waals surface area contributed by atoms with Crippen molar-refractivity contribution in [2.75, 3.05) is 5.32 Å². The lowest BCUT2D eigenvalue weighted by Gasteiger charge is -2.20. The first-order chi connectivity index (χ1) is 15.0. The van der Waals surface area contributed by atoms with E-state index in [1.807, 2.05) is 47.9 Å². The Morgan fingerprint density at radius 1 is 1.00 bits per heavy atom. The molecule has 0 aliphatic heterocycles. The van der Waals surface area contributed by atoms with E-state index in [9.17, 15) is 9.59 Å². The monoisotopic (exact) mass is 429 g/mol. The Labute approximate surface area is 185 Å². The molecule has 6 heteroatoms. The number of pyridine rings is 2. The third-order valence-corrected chi connectivity index (χ3v) is 5.29. The van der Waals surface area contributed by atoms with Gasteiger partial charge in [-0.3, -0.25) is 14.6 Å². The van der Waals surface area contributed by atoms with Gasteiger partial charge in [-0.2, -0.15) is 0 Å². The quantitative estimate of drug-likeness (QED) is 0.475. The van der Waals surface area contributed by atoms with E-state index in [0.717, 1.165) is 11.3 Å². The smallest absolute Gasteiger partial charge is 0.261 e. The van der Waals surface area contributed by atoms with Gasteiger partial charge in [0, 0.05) is 24.5 Å². The van der Waals surface area contributed by atoms with E-state index in [1.165, 1.54) is 6.07 Å². The molecule has 5 nitrogen and oxygen atoms in total. The van der Waals surface area contributed by atoms with Crippen LogP contribution in [0.1, 0.15) is 21.6 Å². The van der Waals surface area contributed by atoms with E-state index in [1.54, 1.807) is 42.6 Å². The van der Waals surface area contributed by atoms with E-state index in [4.69, 9.17) is 11.6 Å². The number of hydrogen-bond acceptors (Lipinski definition) is 3. The molecule has 2 heterocycles. The van der Waals surface area contributed by atoms with E-state index in [-0.39, 0.29) is 11.0 Å². The van der Waals surface area contributed by atoms with E-state index >= 15 is 0 Å². The summed E-state index contributed by atoms with van der Waals surface area (Å²) in [6.45, 7) is 2.35. The first kappa shape index (κ1) is 20.6. The molecule has 1 N–H and O–H groups in total. The lowest BCUT2D eigenvalue weighted by Crippen LogP contribution is -2.27. The number of carbonyl (C=O) groups excluding carboxylic acids is 1. The summed E-state index contributed by atoms with van der Waals surface area (Å²) in [7, 11) is 0. The number of anilines is 1. The third-order valence-electron chi connectivity index (χ3n) is 4.96. The molecule has 0 fully saturated rings. The molecule has 31 heavy (non-hydrogen) atoms. The average Bonchev–Trinajstić information content (AvgIpc) is 2.78. The van der Waals surface area contributed by atoms with Crippen molar-refractivity contribution in [3.63, 3.8) is 0 Å². The first-order valence-corrected chi connectivity index (χ1v) is 10.2. The van der Waals surface area contributed by atoms with Gasteiger partial charge in [0.25, 0.3) is 5.91 Å². The van der Waals surface area contributed by atoms with Crippen LogP contribution in [-0.2, 0) is 6.54 Å². The normalized spacial score (nSPS) is 10.6. The van der Waals surface area contributed by atoms with Gasteiger partial charge in [0.1, 0.15) is 5.56 Å². The first-order valence-electron chi connectivity index (χ1n) is 9.80. The number of aryl methyl sites for hydroxylation is 1. The van der Waals surface area contributed by atoms with Crippen molar-refractivity contribution in [1.82, 2.24) is 9.55 Å². The number of amides is 1. The predicted molar refractivity (Wildman–Crippen MR) is 124 cm³/mol. The standard InChI is InChI=1S/C25H20ClN3O2/c1-17-15-22(30)23(25(31)28-20-12-6-5-11-19(20)26)24(21-13-7-8-14-27-21)29(17)16-18-9-3-2-4-10-18/h2-15H,16H2,1H3,(H,28,31). The Kier molecular flexibility index (Phi) is 5.96. The Morgan fingerprint density at radius 3 is 2.42 bits per heavy atom. The van der Waals surface area contributed by atoms with Gasteiger partial charge in [-0.1, -0.05) is 60.1 Å². The van der Waals surface area contributed by atoms with Crippen LogP contribution in [0, 0.1) is 6.92 Å². The van der Waals surface area contributed by atoms with Crippen LogP contribution in [0.15, 0.2) is 89.9 Å². The SMILES string of the molecule is Cc1cc(=O)c(C(=O)Nc2ccccc2Cl)c(-c2ccccn2)n1Cc1ccccc1. The minimum atomic E-state index is -0.527. The van der Waals surface area contributed by atoms with Gasteiger partial charge in [0.05, 0.1) is 22.1 Å². The fourth-order valence-corrected chi connectivity index (χ4v) is 3.66. The second kappa shape index (κ2) is 8.98. The Balaban J connectivity index is 1.90. The zero-order valence-corrected chi connectivity index (χ0v) is 17.6. The number of hydrogen-bond donors (Lipinski definition) is 1. The highest BCUT2D eigenvalue weighted by Crippen LogP contribution is 2.25. The zero-order valence-electron chi connectivity index (χ0n) is 16.9. The van der Waals surface area contributed by atoms with E-state index in [2.05, 4.69) is 10.3 Å². The van der Waals surface area contributed by atoms with Gasteiger partial charge in [-0.25, -0.2) is 0 Å². The highest BCUT2D eigenvalue weighted by atomic mass is 35.5. The zero-order chi connectivity index (χ0) is 21.8. The van der Waals surface area contributed by atoms with Gasteiger partial charge < -0.3 is 9.88 Å². The summed E-state index contributed by atoms with van der Waals surface area (Å²) in [5, 5.41) is 3.17. The molecule has 0 radical (unpaired) electrons. The molecule has 1 amide bonds. The number of nitrogens with zero attached hydrogens (tertiary/aromatic N) is 2. The number of halogens is 1. The van der Waals surface area contributed by atoms with Crippen LogP contribution in [0.4, 0.5) is 5.69 Å². The molecule has 0 atom stereocenters. The number of rotatable bonds is 5. The fraction of sp³-hybridized carbons (Fsp3) is 0.0800. The van der Waals surface area contributed by atoms with Gasteiger partial charge in [-0.15, -0.1) is 0 Å². The molecule has 4 aromatic rings. The maximum Gasteiger partial charge on any atom is 0.261 e. The molecule has 0 saturated carbocycles. The molecule has 2 aromatic carbocycles. The lowest BCUT2D eigenvalue weighted by molar-refractivity contribution is 0.102. The van der Waals surface area contributed by atoms with Gasteiger partial charge in [-0.05, 0) is 36.8 Å². The van der Waals surface area contributed by atoms with E-state index in [0.29, 0.717) is 28.6 Å². The van der Waals surface area contributed by atoms with Gasteiger partial charge in [0.2, 0.25) is 0 Å². The minimum Gasteiger partial charge on any atom is -0.338 e. The Bertz CT molecular complexity index is 1290. The van der Waals surface area contributed by atoms with Crippen LogP contribution in [0.25, 0.3) is 11.4 Å². The van der Waals surface area contributed by atoms with Crippen molar-refractivity contribution < 1.29 is 4.79 Å². The number of aromatic nitrogens is 2. The minimum absolute atomic E-state index is 0.0279. The van der Waals surface area contributed by atoms with Gasteiger partial charge >= 0.3 is 0 Å². The molecule has 154 valence electrons. The predicted octanol–water partition coefficient (Wildman–Crippen LogP) is 5.17. The van der Waals surface area contributed by atoms with Crippen molar-refractivity contribution in [1.29, 1.82) is 0 Å². The molecule has 0 saturated heterocycles. The van der Waals surface area contributed by atoms with Crippen molar-refractivity contribution in [2.24, 2.45) is 0 Å². The Morgan fingerprint density at radius 2 is 1.71 bits per heavy atom. The number of carbonyl (C=O) groups is 1. The van der Waals surface area contributed by atoms with Crippen LogP contribution in [-0.4, -0.2) is 15.5 Å². The van der Waals surface area contributed by atoms with Crippen molar-refractivity contribution in [2.45, 2.75) is 13.5 Å². The molecular weight excluding hydrogens is 410 g/mol. The van der Waals surface area contributed by atoms with Crippen molar-refractivity contribution in [3.8, 4) is 11.4 Å². The highest BCUT2D eigenvalue weighted by molar-refractivity contribution is 6.34. The molecule has 0 aliphatic rings. The molecule has 4 rings (SSSR count). The number of benzene rings is 2. The second-order valence-electron chi connectivity index (χ2n) is 7.09. The summed E-state index contributed by atoms with van der Waals surface area (Å²) in [5.41, 5.74) is 2.90. The third kappa shape index (κ3) is 4.42. The summed E-state index contributed by atoms with van der Waals surface area (Å²) in [4.78, 5) is 30.7. The lowest BCUT2D eigenvalue weighted by atomic mass is 10.1. The van der Waals surface area contributed by atoms with Crippen LogP contribution in [0.3, 0.4) is 0 Å².